The Morgan fingerprint density at radius 2 is 1.80 bits per heavy atom. The lowest BCUT2D eigenvalue weighted by atomic mass is 9.93. The van der Waals surface area contributed by atoms with Crippen LogP contribution in [-0.2, 0) is 24.8 Å². The number of nitrogens with one attached hydrogen (secondary N) is 1. The molecule has 0 spiro atoms. The predicted octanol–water partition coefficient (Wildman–Crippen LogP) is 4.28. The molecule has 1 saturated heterocycles. The molecule has 6 rings (SSSR count). The molecule has 0 unspecified atom stereocenters. The Hall–Kier alpha value is -5.26. The highest BCUT2D eigenvalue weighted by molar-refractivity contribution is 6.09. The van der Waals surface area contributed by atoms with Crippen LogP contribution < -0.4 is 15.8 Å². The topological polar surface area (TPSA) is 137 Å². The summed E-state index contributed by atoms with van der Waals surface area (Å²) in [4.78, 5) is 47.4. The van der Waals surface area contributed by atoms with Gasteiger partial charge in [-0.15, -0.1) is 0 Å². The average Bonchev–Trinajstić information content (AvgIpc) is 3.09. The molecule has 0 saturated carbocycles. The molecule has 46 heavy (non-hydrogen) atoms. The largest absolute Gasteiger partial charge is 0.515 e. The number of fused-ring (bicyclic) bond motifs is 1. The van der Waals surface area contributed by atoms with E-state index in [0.717, 1.165) is 17.4 Å². The number of nitrogens with zero attached hydrogens (tertiary/aromatic N) is 4. The number of pyridine rings is 2. The summed E-state index contributed by atoms with van der Waals surface area (Å²) in [5.74, 6) is 0.107. The number of morpholine rings is 1. The molecule has 0 radical (unpaired) electrons. The molecular weight excluding hydrogens is 586 g/mol. The third-order valence-corrected chi connectivity index (χ3v) is 8.50. The number of aliphatic hydroxyl groups excluding tert-OH is 2. The van der Waals surface area contributed by atoms with Crippen molar-refractivity contribution in [3.63, 3.8) is 0 Å². The molecule has 2 aromatic heterocycles. The van der Waals surface area contributed by atoms with E-state index in [1.54, 1.807) is 54.2 Å². The van der Waals surface area contributed by atoms with Gasteiger partial charge in [-0.25, -0.2) is 4.98 Å². The summed E-state index contributed by atoms with van der Waals surface area (Å²) in [6.07, 6.45) is 4.84. The van der Waals surface area contributed by atoms with Gasteiger partial charge >= 0.3 is 0 Å². The van der Waals surface area contributed by atoms with Gasteiger partial charge in [0.2, 0.25) is 0 Å². The predicted molar refractivity (Wildman–Crippen MR) is 175 cm³/mol. The van der Waals surface area contributed by atoms with Crippen molar-refractivity contribution in [1.29, 1.82) is 0 Å². The monoisotopic (exact) mass is 621 g/mol. The molecule has 2 aromatic carbocycles. The number of carbonyl (C=O) groups excluding carboxylic acids is 2. The minimum absolute atomic E-state index is 0.119. The summed E-state index contributed by atoms with van der Waals surface area (Å²) in [5.41, 5.74) is 5.97. The maximum absolute atomic E-state index is 13.7. The number of amides is 2. The Kier molecular flexibility index (Phi) is 8.69. The first kappa shape index (κ1) is 30.8. The minimum atomic E-state index is -0.326. The summed E-state index contributed by atoms with van der Waals surface area (Å²) in [5, 5.41) is 23.1. The van der Waals surface area contributed by atoms with E-state index in [1.807, 2.05) is 30.3 Å². The van der Waals surface area contributed by atoms with Crippen LogP contribution in [0.5, 0.6) is 0 Å². The van der Waals surface area contributed by atoms with Gasteiger partial charge in [-0.05, 0) is 65.9 Å². The third kappa shape index (κ3) is 5.90. The third-order valence-electron chi connectivity index (χ3n) is 8.50. The fourth-order valence-corrected chi connectivity index (χ4v) is 5.93. The number of aryl methyl sites for hydroxylation is 1. The van der Waals surface area contributed by atoms with Gasteiger partial charge in [-0.1, -0.05) is 24.3 Å². The van der Waals surface area contributed by atoms with Crippen molar-refractivity contribution < 1.29 is 24.5 Å². The molecule has 4 aromatic rings. The Labute approximate surface area is 266 Å². The minimum Gasteiger partial charge on any atom is -0.515 e. The number of ether oxygens (including phenoxy) is 1. The van der Waals surface area contributed by atoms with Crippen LogP contribution in [0, 0.1) is 0 Å². The molecule has 11 nitrogen and oxygen atoms in total. The van der Waals surface area contributed by atoms with E-state index in [4.69, 9.17) is 4.74 Å². The molecule has 11 heteroatoms. The van der Waals surface area contributed by atoms with E-state index in [1.165, 1.54) is 10.8 Å². The summed E-state index contributed by atoms with van der Waals surface area (Å²) < 4.78 is 6.77. The molecule has 3 N–H and O–H groups in total. The zero-order valence-electron chi connectivity index (χ0n) is 25.7. The molecule has 0 atom stereocenters. The quantitative estimate of drug-likeness (QED) is 0.260. The summed E-state index contributed by atoms with van der Waals surface area (Å²) >= 11 is 0. The van der Waals surface area contributed by atoms with Crippen LogP contribution in [0.3, 0.4) is 0 Å². The highest BCUT2D eigenvalue weighted by atomic mass is 16.5. The molecule has 4 heterocycles. The molecular formula is C35H35N5O6. The van der Waals surface area contributed by atoms with Crippen molar-refractivity contribution in [2.75, 3.05) is 43.1 Å². The van der Waals surface area contributed by atoms with Gasteiger partial charge in [0.1, 0.15) is 11.5 Å². The van der Waals surface area contributed by atoms with Gasteiger partial charge in [0.25, 0.3) is 17.4 Å². The van der Waals surface area contributed by atoms with E-state index < -0.39 is 0 Å². The summed E-state index contributed by atoms with van der Waals surface area (Å²) in [6, 6.07) is 16.0. The van der Waals surface area contributed by atoms with Gasteiger partial charge in [-0.2, -0.15) is 0 Å². The number of rotatable bonds is 7. The lowest BCUT2D eigenvalue weighted by Gasteiger charge is -2.31. The number of anilines is 3. The first-order valence-corrected chi connectivity index (χ1v) is 15.1. The van der Waals surface area contributed by atoms with E-state index in [-0.39, 0.29) is 29.7 Å². The molecule has 236 valence electrons. The normalized spacial score (nSPS) is 15.1. The number of hydrogen-bond acceptors (Lipinski definition) is 8. The second-order valence-electron chi connectivity index (χ2n) is 11.4. The van der Waals surface area contributed by atoms with E-state index in [2.05, 4.69) is 10.3 Å². The van der Waals surface area contributed by atoms with Crippen LogP contribution in [0.15, 0.2) is 78.0 Å². The fraction of sp³-hybridized carbons (Fsp3) is 0.257. The van der Waals surface area contributed by atoms with Crippen molar-refractivity contribution >= 4 is 34.6 Å². The Bertz CT molecular complexity index is 1890. The van der Waals surface area contributed by atoms with Crippen molar-refractivity contribution in [1.82, 2.24) is 14.5 Å². The number of aliphatic hydroxyl groups is 2. The molecule has 2 aliphatic heterocycles. The van der Waals surface area contributed by atoms with Crippen LogP contribution in [-0.4, -0.2) is 69.3 Å². The molecule has 2 amide bonds. The zero-order valence-corrected chi connectivity index (χ0v) is 25.7. The fourth-order valence-electron chi connectivity index (χ4n) is 5.93. The maximum Gasteiger partial charge on any atom is 0.274 e. The molecule has 1 fully saturated rings. The summed E-state index contributed by atoms with van der Waals surface area (Å²) in [6.45, 7) is 3.97. The van der Waals surface area contributed by atoms with E-state index in [9.17, 15) is 24.6 Å². The smallest absolute Gasteiger partial charge is 0.274 e. The van der Waals surface area contributed by atoms with Crippen molar-refractivity contribution in [3.05, 3.63) is 111 Å². The molecule has 2 aliphatic rings. The Morgan fingerprint density at radius 3 is 2.52 bits per heavy atom. The molecule has 0 bridgehead atoms. The number of benzene rings is 2. The van der Waals surface area contributed by atoms with Gasteiger partial charge < -0.3 is 34.6 Å². The average molecular weight is 622 g/mol. The van der Waals surface area contributed by atoms with Crippen LogP contribution in [0.1, 0.15) is 44.3 Å². The SMILES string of the molecule is C/C(=C/O)c1ccc2c(c1)CCN(c1cccc(-c3cc(Nc4ccc(C(=O)N5CCOCC5)cn4)c(=O)n(C)c3)c1CO)C2=O. The number of aromatic nitrogens is 2. The second kappa shape index (κ2) is 13.0. The lowest BCUT2D eigenvalue weighted by Crippen LogP contribution is -2.40. The van der Waals surface area contributed by atoms with Gasteiger partial charge in [-0.3, -0.25) is 14.4 Å². The Morgan fingerprint density at radius 1 is 1.02 bits per heavy atom. The maximum atomic E-state index is 13.7. The van der Waals surface area contributed by atoms with Gasteiger partial charge in [0.05, 0.1) is 37.3 Å². The number of allylic oxidation sites excluding steroid dienone is 1. The second-order valence-corrected chi connectivity index (χ2v) is 11.4. The zero-order chi connectivity index (χ0) is 32.4. The van der Waals surface area contributed by atoms with Gasteiger partial charge in [0, 0.05) is 55.8 Å². The number of carbonyl (C=O) groups is 2. The molecule has 0 aliphatic carbocycles. The van der Waals surface area contributed by atoms with E-state index >= 15 is 0 Å². The van der Waals surface area contributed by atoms with E-state index in [0.29, 0.717) is 84.2 Å². The first-order chi connectivity index (χ1) is 22.3. The first-order valence-electron chi connectivity index (χ1n) is 15.1. The van der Waals surface area contributed by atoms with Crippen LogP contribution in [0.2, 0.25) is 0 Å². The van der Waals surface area contributed by atoms with Crippen LogP contribution in [0.25, 0.3) is 16.7 Å². The summed E-state index contributed by atoms with van der Waals surface area (Å²) in [7, 11) is 1.64. The van der Waals surface area contributed by atoms with Crippen molar-refractivity contribution in [2.45, 2.75) is 20.0 Å². The van der Waals surface area contributed by atoms with Crippen LogP contribution in [0.4, 0.5) is 17.2 Å². The lowest BCUT2D eigenvalue weighted by molar-refractivity contribution is 0.0302. The highest BCUT2D eigenvalue weighted by Gasteiger charge is 2.28. The van der Waals surface area contributed by atoms with Crippen molar-refractivity contribution in [3.8, 4) is 11.1 Å². The van der Waals surface area contributed by atoms with Crippen molar-refractivity contribution in [2.24, 2.45) is 7.05 Å². The standard InChI is InChI=1S/C35H35N5O6/c1-22(20-41)23-6-8-28-24(16-23)10-11-40(34(28)44)31-5-3-4-27(29(31)21-42)26-17-30(35(45)38(2)19-26)37-32-9-7-25(18-36-32)33(43)39-12-14-46-15-13-39/h3-9,16-20,41-42H,10-15,21H2,1-2H3,(H,36,37)/b22-20-. The Balaban J connectivity index is 1.28. The van der Waals surface area contributed by atoms with Crippen LogP contribution >= 0.6 is 0 Å². The van der Waals surface area contributed by atoms with Gasteiger partial charge in [0.15, 0.2) is 0 Å². The highest BCUT2D eigenvalue weighted by Crippen LogP contribution is 2.35. The number of hydrogen-bond donors (Lipinski definition) is 3.